The van der Waals surface area contributed by atoms with Crippen LogP contribution in [-0.4, -0.2) is 27.0 Å². The van der Waals surface area contributed by atoms with Crippen LogP contribution in [0.2, 0.25) is 5.02 Å². The van der Waals surface area contributed by atoms with E-state index in [1.807, 2.05) is 6.92 Å². The molecule has 1 aliphatic rings. The second-order valence-corrected chi connectivity index (χ2v) is 5.22. The third kappa shape index (κ3) is 2.14. The summed E-state index contributed by atoms with van der Waals surface area (Å²) in [7, 11) is 0. The van der Waals surface area contributed by atoms with Crippen molar-refractivity contribution < 1.29 is 14.6 Å². The summed E-state index contributed by atoms with van der Waals surface area (Å²) in [5, 5.41) is 14.1. The summed E-state index contributed by atoms with van der Waals surface area (Å²) >= 11 is 5.87. The highest BCUT2D eigenvalue weighted by Crippen LogP contribution is 2.37. The van der Waals surface area contributed by atoms with Crippen molar-refractivity contribution in [3.8, 4) is 17.0 Å². The van der Waals surface area contributed by atoms with Crippen molar-refractivity contribution >= 4 is 17.6 Å². The molecule has 3 rings (SSSR count). The predicted octanol–water partition coefficient (Wildman–Crippen LogP) is 3.07. The molecule has 0 fully saturated rings. The second-order valence-electron chi connectivity index (χ2n) is 4.78. The Hall–Kier alpha value is -2.01. The van der Waals surface area contributed by atoms with Gasteiger partial charge in [0.15, 0.2) is 5.69 Å². The maximum Gasteiger partial charge on any atom is 0.357 e. The van der Waals surface area contributed by atoms with Crippen LogP contribution in [0, 0.1) is 0 Å². The minimum absolute atomic E-state index is 0.0106. The van der Waals surface area contributed by atoms with Gasteiger partial charge in [0, 0.05) is 18.0 Å². The summed E-state index contributed by atoms with van der Waals surface area (Å²) in [5.41, 5.74) is 1.26. The number of nitrogens with zero attached hydrogens (tertiary/aromatic N) is 2. The van der Waals surface area contributed by atoms with Gasteiger partial charge in [0.1, 0.15) is 0 Å². The quantitative estimate of drug-likeness (QED) is 0.924. The molecular formula is C14H13ClN2O3. The summed E-state index contributed by atoms with van der Waals surface area (Å²) in [4.78, 5) is 11.4. The van der Waals surface area contributed by atoms with Gasteiger partial charge in [0.25, 0.3) is 0 Å². The van der Waals surface area contributed by atoms with Gasteiger partial charge in [-0.2, -0.15) is 5.10 Å². The molecule has 1 unspecified atom stereocenters. The average Bonchev–Trinajstić information content (AvgIpc) is 2.78. The highest BCUT2D eigenvalue weighted by molar-refractivity contribution is 6.30. The first kappa shape index (κ1) is 13.0. The van der Waals surface area contributed by atoms with E-state index in [2.05, 4.69) is 5.10 Å². The van der Waals surface area contributed by atoms with Gasteiger partial charge in [0.05, 0.1) is 11.7 Å². The molecule has 2 aromatic rings. The Morgan fingerprint density at radius 1 is 1.45 bits per heavy atom. The first-order chi connectivity index (χ1) is 9.56. The normalized spacial score (nSPS) is 17.4. The van der Waals surface area contributed by atoms with E-state index < -0.39 is 5.97 Å². The van der Waals surface area contributed by atoms with E-state index in [4.69, 9.17) is 16.3 Å². The lowest BCUT2D eigenvalue weighted by molar-refractivity contribution is 0.0690. The largest absolute Gasteiger partial charge is 0.476 e. The fraction of sp³-hybridized carbons (Fsp3) is 0.286. The summed E-state index contributed by atoms with van der Waals surface area (Å²) in [6, 6.07) is 6.99. The Bertz CT molecular complexity index is 664. The SMILES string of the molecule is CC1CCn2nc(C(=O)O)c(-c3ccc(Cl)cc3)c2O1. The maximum absolute atomic E-state index is 11.4. The molecule has 1 aromatic heterocycles. The van der Waals surface area contributed by atoms with Crippen LogP contribution < -0.4 is 4.74 Å². The Morgan fingerprint density at radius 3 is 2.80 bits per heavy atom. The number of carbonyl (C=O) groups is 1. The van der Waals surface area contributed by atoms with Gasteiger partial charge in [-0.15, -0.1) is 0 Å². The zero-order chi connectivity index (χ0) is 14.3. The highest BCUT2D eigenvalue weighted by Gasteiger charge is 2.28. The number of aryl methyl sites for hydroxylation is 1. The van der Waals surface area contributed by atoms with Crippen molar-refractivity contribution in [2.24, 2.45) is 0 Å². The lowest BCUT2D eigenvalue weighted by atomic mass is 10.1. The minimum Gasteiger partial charge on any atom is -0.476 e. The van der Waals surface area contributed by atoms with Gasteiger partial charge in [-0.25, -0.2) is 9.48 Å². The van der Waals surface area contributed by atoms with Crippen molar-refractivity contribution in [3.63, 3.8) is 0 Å². The molecular weight excluding hydrogens is 280 g/mol. The fourth-order valence-electron chi connectivity index (χ4n) is 2.30. The average molecular weight is 293 g/mol. The zero-order valence-corrected chi connectivity index (χ0v) is 11.6. The van der Waals surface area contributed by atoms with E-state index in [1.54, 1.807) is 28.9 Å². The third-order valence-corrected chi connectivity index (χ3v) is 3.55. The van der Waals surface area contributed by atoms with Crippen molar-refractivity contribution in [1.29, 1.82) is 0 Å². The standard InChI is InChI=1S/C14H13ClN2O3/c1-8-6-7-17-13(20-8)11(12(16-17)14(18)19)9-2-4-10(15)5-3-9/h2-5,8H,6-7H2,1H3,(H,18,19). The zero-order valence-electron chi connectivity index (χ0n) is 10.8. The first-order valence-corrected chi connectivity index (χ1v) is 6.70. The molecule has 104 valence electrons. The minimum atomic E-state index is -1.06. The number of halogens is 1. The van der Waals surface area contributed by atoms with Gasteiger partial charge >= 0.3 is 5.97 Å². The molecule has 2 heterocycles. The molecule has 0 amide bonds. The first-order valence-electron chi connectivity index (χ1n) is 6.33. The smallest absolute Gasteiger partial charge is 0.357 e. The van der Waals surface area contributed by atoms with Gasteiger partial charge in [-0.1, -0.05) is 23.7 Å². The topological polar surface area (TPSA) is 64.4 Å². The molecule has 1 atom stereocenters. The summed E-state index contributed by atoms with van der Waals surface area (Å²) in [6.07, 6.45) is 0.861. The maximum atomic E-state index is 11.4. The lowest BCUT2D eigenvalue weighted by Crippen LogP contribution is -2.23. The molecule has 6 heteroatoms. The Balaban J connectivity index is 2.19. The summed E-state index contributed by atoms with van der Waals surface area (Å²) < 4.78 is 7.40. The van der Waals surface area contributed by atoms with E-state index in [-0.39, 0.29) is 11.8 Å². The van der Waals surface area contributed by atoms with Crippen LogP contribution >= 0.6 is 11.6 Å². The Labute approximate surface area is 120 Å². The highest BCUT2D eigenvalue weighted by atomic mass is 35.5. The number of benzene rings is 1. The molecule has 0 saturated heterocycles. The predicted molar refractivity (Wildman–Crippen MR) is 74.3 cm³/mol. The number of carboxylic acids is 1. The number of hydrogen-bond acceptors (Lipinski definition) is 3. The van der Waals surface area contributed by atoms with E-state index in [0.29, 0.717) is 23.0 Å². The Kier molecular flexibility index (Phi) is 3.14. The molecule has 1 aliphatic heterocycles. The Morgan fingerprint density at radius 2 is 2.15 bits per heavy atom. The van der Waals surface area contributed by atoms with Gasteiger partial charge in [-0.05, 0) is 24.6 Å². The molecule has 20 heavy (non-hydrogen) atoms. The van der Waals surface area contributed by atoms with E-state index in [0.717, 1.165) is 12.0 Å². The van der Waals surface area contributed by atoms with Crippen LogP contribution in [0.15, 0.2) is 24.3 Å². The number of ether oxygens (including phenoxy) is 1. The van der Waals surface area contributed by atoms with Gasteiger partial charge in [0.2, 0.25) is 5.88 Å². The van der Waals surface area contributed by atoms with Gasteiger partial charge in [-0.3, -0.25) is 0 Å². The van der Waals surface area contributed by atoms with Crippen molar-refractivity contribution in [3.05, 3.63) is 35.0 Å². The molecule has 0 aliphatic carbocycles. The van der Waals surface area contributed by atoms with Gasteiger partial charge < -0.3 is 9.84 Å². The fourth-order valence-corrected chi connectivity index (χ4v) is 2.42. The van der Waals surface area contributed by atoms with Crippen LogP contribution in [0.3, 0.4) is 0 Å². The molecule has 1 aromatic carbocycles. The molecule has 0 bridgehead atoms. The number of aromatic nitrogens is 2. The van der Waals surface area contributed by atoms with Crippen LogP contribution in [0.25, 0.3) is 11.1 Å². The monoisotopic (exact) mass is 292 g/mol. The van der Waals surface area contributed by atoms with Crippen molar-refractivity contribution in [2.75, 3.05) is 0 Å². The second kappa shape index (κ2) is 4.83. The van der Waals surface area contributed by atoms with Crippen LogP contribution in [-0.2, 0) is 6.54 Å². The lowest BCUT2D eigenvalue weighted by Gasteiger charge is -2.22. The van der Waals surface area contributed by atoms with E-state index in [1.165, 1.54) is 0 Å². The molecule has 1 N–H and O–H groups in total. The summed E-state index contributed by atoms with van der Waals surface area (Å²) in [5.74, 6) is -0.545. The number of aromatic carboxylic acids is 1. The number of hydrogen-bond donors (Lipinski definition) is 1. The number of fused-ring (bicyclic) bond motifs is 1. The number of rotatable bonds is 2. The van der Waals surface area contributed by atoms with Crippen molar-refractivity contribution in [2.45, 2.75) is 26.0 Å². The van der Waals surface area contributed by atoms with Crippen LogP contribution in [0.4, 0.5) is 0 Å². The molecule has 0 spiro atoms. The molecule has 0 radical (unpaired) electrons. The van der Waals surface area contributed by atoms with Crippen LogP contribution in [0.1, 0.15) is 23.8 Å². The van der Waals surface area contributed by atoms with E-state index in [9.17, 15) is 9.90 Å². The molecule has 5 nitrogen and oxygen atoms in total. The van der Waals surface area contributed by atoms with E-state index >= 15 is 0 Å². The third-order valence-electron chi connectivity index (χ3n) is 3.30. The van der Waals surface area contributed by atoms with Crippen LogP contribution in [0.5, 0.6) is 5.88 Å². The molecule has 0 saturated carbocycles. The number of carboxylic acid groups (broad SMARTS) is 1. The van der Waals surface area contributed by atoms with Crippen molar-refractivity contribution in [1.82, 2.24) is 9.78 Å². The summed E-state index contributed by atoms with van der Waals surface area (Å²) in [6.45, 7) is 2.62.